The van der Waals surface area contributed by atoms with Crippen LogP contribution in [0, 0.1) is 0 Å². The Morgan fingerprint density at radius 2 is 1.69 bits per heavy atom. The summed E-state index contributed by atoms with van der Waals surface area (Å²) < 4.78 is 19.2. The lowest BCUT2D eigenvalue weighted by molar-refractivity contribution is 0.213. The van der Waals surface area contributed by atoms with Crippen LogP contribution in [0.5, 0.6) is 17.2 Å². The molecule has 4 rings (SSSR count). The molecule has 0 bridgehead atoms. The van der Waals surface area contributed by atoms with Gasteiger partial charge in [-0.05, 0) is 42.8 Å². The van der Waals surface area contributed by atoms with E-state index < -0.39 is 0 Å². The van der Waals surface area contributed by atoms with Crippen molar-refractivity contribution in [1.82, 2.24) is 9.47 Å². The van der Waals surface area contributed by atoms with E-state index in [2.05, 4.69) is 46.0 Å². The summed E-state index contributed by atoms with van der Waals surface area (Å²) in [7, 11) is 5.16. The van der Waals surface area contributed by atoms with Crippen LogP contribution in [-0.4, -0.2) is 37.3 Å². The van der Waals surface area contributed by atoms with E-state index in [1.807, 2.05) is 24.3 Å². The van der Waals surface area contributed by atoms with Gasteiger partial charge in [-0.1, -0.05) is 18.2 Å². The van der Waals surface area contributed by atoms with Crippen molar-refractivity contribution in [3.8, 4) is 17.2 Å². The van der Waals surface area contributed by atoms with Crippen molar-refractivity contribution < 1.29 is 14.2 Å². The van der Waals surface area contributed by atoms with Crippen molar-refractivity contribution in [2.75, 3.05) is 27.9 Å². The van der Waals surface area contributed by atoms with Gasteiger partial charge < -0.3 is 18.8 Å². The van der Waals surface area contributed by atoms with Gasteiger partial charge in [-0.3, -0.25) is 4.90 Å². The Labute approximate surface area is 172 Å². The topological polar surface area (TPSA) is 35.9 Å². The van der Waals surface area contributed by atoms with Gasteiger partial charge in [-0.15, -0.1) is 0 Å². The molecular formula is C24H28N2O3. The molecule has 0 amide bonds. The van der Waals surface area contributed by atoms with Gasteiger partial charge >= 0.3 is 0 Å². The standard InChI is InChI=1S/C24H28N2O3/c1-27-19-11-12-22(28-2)18(16-19)17-26-15-7-14-25-13-6-9-21(25)24(26)20-8-4-5-10-23(20)29-3/h4-6,8-13,16,24H,7,14-15,17H2,1-3H3/t24-/m0/s1. The minimum absolute atomic E-state index is 0.0968. The number of benzene rings is 2. The largest absolute Gasteiger partial charge is 0.497 e. The molecule has 0 saturated carbocycles. The highest BCUT2D eigenvalue weighted by Gasteiger charge is 2.30. The predicted molar refractivity (Wildman–Crippen MR) is 114 cm³/mol. The molecule has 2 aromatic carbocycles. The van der Waals surface area contributed by atoms with Crippen LogP contribution in [0.15, 0.2) is 60.8 Å². The van der Waals surface area contributed by atoms with Crippen LogP contribution in [0.1, 0.15) is 29.3 Å². The summed E-state index contributed by atoms with van der Waals surface area (Å²) in [6.45, 7) is 2.75. The maximum absolute atomic E-state index is 5.73. The number of fused-ring (bicyclic) bond motifs is 1. The lowest BCUT2D eigenvalue weighted by Crippen LogP contribution is -2.30. The first-order valence-corrected chi connectivity index (χ1v) is 9.98. The second-order valence-corrected chi connectivity index (χ2v) is 7.27. The van der Waals surface area contributed by atoms with E-state index in [1.165, 1.54) is 11.3 Å². The van der Waals surface area contributed by atoms with E-state index in [0.717, 1.165) is 48.9 Å². The number of aromatic nitrogens is 1. The molecule has 2 heterocycles. The smallest absolute Gasteiger partial charge is 0.124 e. The molecule has 0 aliphatic carbocycles. The Morgan fingerprint density at radius 3 is 2.48 bits per heavy atom. The Balaban J connectivity index is 1.79. The number of methoxy groups -OCH3 is 3. The molecule has 0 saturated heterocycles. The zero-order valence-corrected chi connectivity index (χ0v) is 17.3. The SMILES string of the molecule is COc1ccc(OC)c(CN2CCCn3cccc3[C@@H]2c2ccccc2OC)c1. The molecule has 0 spiro atoms. The number of para-hydroxylation sites is 1. The Morgan fingerprint density at radius 1 is 0.862 bits per heavy atom. The first-order chi connectivity index (χ1) is 14.2. The van der Waals surface area contributed by atoms with E-state index in [9.17, 15) is 0 Å². The maximum atomic E-state index is 5.73. The molecule has 29 heavy (non-hydrogen) atoms. The lowest BCUT2D eigenvalue weighted by Gasteiger charge is -2.32. The van der Waals surface area contributed by atoms with Crippen LogP contribution < -0.4 is 14.2 Å². The first kappa shape index (κ1) is 19.4. The fraction of sp³-hybridized carbons (Fsp3) is 0.333. The summed E-state index contributed by atoms with van der Waals surface area (Å²) in [6.07, 6.45) is 3.26. The zero-order valence-electron chi connectivity index (χ0n) is 17.3. The fourth-order valence-corrected chi connectivity index (χ4v) is 4.28. The molecule has 1 aliphatic heterocycles. The average molecular weight is 392 g/mol. The Bertz CT molecular complexity index is 966. The summed E-state index contributed by atoms with van der Waals surface area (Å²) in [6, 6.07) is 18.8. The predicted octanol–water partition coefficient (Wildman–Crippen LogP) is 4.51. The van der Waals surface area contributed by atoms with Crippen LogP contribution >= 0.6 is 0 Å². The van der Waals surface area contributed by atoms with Crippen molar-refractivity contribution >= 4 is 0 Å². The van der Waals surface area contributed by atoms with Gasteiger partial charge in [0.15, 0.2) is 0 Å². The van der Waals surface area contributed by atoms with Crippen molar-refractivity contribution in [3.05, 3.63) is 77.6 Å². The van der Waals surface area contributed by atoms with Crippen molar-refractivity contribution in [2.24, 2.45) is 0 Å². The Hall–Kier alpha value is -2.92. The summed E-state index contributed by atoms with van der Waals surface area (Å²) in [5.74, 6) is 2.63. The van der Waals surface area contributed by atoms with Crippen molar-refractivity contribution in [1.29, 1.82) is 0 Å². The maximum Gasteiger partial charge on any atom is 0.124 e. The van der Waals surface area contributed by atoms with Gasteiger partial charge in [0, 0.05) is 42.7 Å². The van der Waals surface area contributed by atoms with Crippen LogP contribution in [-0.2, 0) is 13.1 Å². The molecule has 152 valence electrons. The van der Waals surface area contributed by atoms with Gasteiger partial charge in [-0.2, -0.15) is 0 Å². The highest BCUT2D eigenvalue weighted by Crippen LogP contribution is 2.38. The van der Waals surface area contributed by atoms with E-state index in [0.29, 0.717) is 0 Å². The Kier molecular flexibility index (Phi) is 5.76. The zero-order chi connectivity index (χ0) is 20.2. The molecular weight excluding hydrogens is 364 g/mol. The molecule has 1 atom stereocenters. The molecule has 1 aliphatic rings. The van der Waals surface area contributed by atoms with Crippen LogP contribution in [0.4, 0.5) is 0 Å². The van der Waals surface area contributed by atoms with Crippen LogP contribution in [0.25, 0.3) is 0 Å². The van der Waals surface area contributed by atoms with E-state index >= 15 is 0 Å². The van der Waals surface area contributed by atoms with Gasteiger partial charge in [0.25, 0.3) is 0 Å². The van der Waals surface area contributed by atoms with Crippen molar-refractivity contribution in [3.63, 3.8) is 0 Å². The van der Waals surface area contributed by atoms with Gasteiger partial charge in [-0.25, -0.2) is 0 Å². The minimum Gasteiger partial charge on any atom is -0.497 e. The molecule has 1 aromatic heterocycles. The third-order valence-corrected chi connectivity index (χ3v) is 5.65. The van der Waals surface area contributed by atoms with E-state index in [1.54, 1.807) is 21.3 Å². The first-order valence-electron chi connectivity index (χ1n) is 9.98. The van der Waals surface area contributed by atoms with Crippen molar-refractivity contribution in [2.45, 2.75) is 25.6 Å². The molecule has 3 aromatic rings. The highest BCUT2D eigenvalue weighted by molar-refractivity contribution is 5.43. The normalized spacial score (nSPS) is 16.7. The van der Waals surface area contributed by atoms with Gasteiger partial charge in [0.1, 0.15) is 17.2 Å². The highest BCUT2D eigenvalue weighted by atomic mass is 16.5. The lowest BCUT2D eigenvalue weighted by atomic mass is 9.99. The third kappa shape index (κ3) is 3.83. The van der Waals surface area contributed by atoms with Gasteiger partial charge in [0.2, 0.25) is 0 Å². The number of ether oxygens (including phenoxy) is 3. The van der Waals surface area contributed by atoms with E-state index in [-0.39, 0.29) is 6.04 Å². The number of rotatable bonds is 6. The molecule has 5 nitrogen and oxygen atoms in total. The number of hydrogen-bond acceptors (Lipinski definition) is 4. The second-order valence-electron chi connectivity index (χ2n) is 7.27. The quantitative estimate of drug-likeness (QED) is 0.618. The van der Waals surface area contributed by atoms with Crippen LogP contribution in [0.3, 0.4) is 0 Å². The number of nitrogens with zero attached hydrogens (tertiary/aromatic N) is 2. The molecule has 0 fully saturated rings. The number of aryl methyl sites for hydroxylation is 1. The van der Waals surface area contributed by atoms with E-state index in [4.69, 9.17) is 14.2 Å². The summed E-state index contributed by atoms with van der Waals surface area (Å²) in [5, 5.41) is 0. The third-order valence-electron chi connectivity index (χ3n) is 5.65. The van der Waals surface area contributed by atoms with Gasteiger partial charge in [0.05, 0.1) is 27.4 Å². The molecule has 5 heteroatoms. The molecule has 0 unspecified atom stereocenters. The second kappa shape index (κ2) is 8.62. The average Bonchev–Trinajstić information content (AvgIpc) is 3.15. The molecule has 0 radical (unpaired) electrons. The molecule has 0 N–H and O–H groups in total. The summed E-state index contributed by atoms with van der Waals surface area (Å²) in [5.41, 5.74) is 3.58. The number of hydrogen-bond donors (Lipinski definition) is 0. The monoisotopic (exact) mass is 392 g/mol. The minimum atomic E-state index is 0.0968. The van der Waals surface area contributed by atoms with Crippen LogP contribution in [0.2, 0.25) is 0 Å². The fourth-order valence-electron chi connectivity index (χ4n) is 4.28. The summed E-state index contributed by atoms with van der Waals surface area (Å²) in [4.78, 5) is 2.51. The summed E-state index contributed by atoms with van der Waals surface area (Å²) >= 11 is 0.